The molecule has 2 heterocycles. The van der Waals surface area contributed by atoms with E-state index in [9.17, 15) is 30.3 Å². The minimum atomic E-state index is -1.70. The van der Waals surface area contributed by atoms with Gasteiger partial charge in [-0.25, -0.2) is 0 Å². The number of benzene rings is 2. The Morgan fingerprint density at radius 2 is 1.59 bits per heavy atom. The summed E-state index contributed by atoms with van der Waals surface area (Å²) >= 11 is 0. The highest BCUT2D eigenvalue weighted by atomic mass is 16.7. The molecule has 0 saturated carbocycles. The Morgan fingerprint density at radius 1 is 0.912 bits per heavy atom. The van der Waals surface area contributed by atoms with E-state index in [1.807, 2.05) is 0 Å². The van der Waals surface area contributed by atoms with Crippen molar-refractivity contribution in [2.45, 2.75) is 37.6 Å². The molecule has 11 heteroatoms. The molecule has 4 rings (SSSR count). The number of phenolic OH excluding ortho intramolecular Hbond substituents is 2. The van der Waals surface area contributed by atoms with E-state index in [4.69, 9.17) is 23.4 Å². The molecule has 1 saturated heterocycles. The lowest BCUT2D eigenvalue weighted by atomic mass is 10.00. The summed E-state index contributed by atoms with van der Waals surface area (Å²) in [4.78, 5) is 13.5. The molecule has 1 aliphatic rings. The van der Waals surface area contributed by atoms with Crippen molar-refractivity contribution in [2.24, 2.45) is 0 Å². The van der Waals surface area contributed by atoms with Crippen molar-refractivity contribution in [3.05, 3.63) is 40.6 Å². The van der Waals surface area contributed by atoms with E-state index in [0.29, 0.717) is 5.56 Å². The van der Waals surface area contributed by atoms with E-state index in [2.05, 4.69) is 0 Å². The van der Waals surface area contributed by atoms with Crippen LogP contribution in [0.15, 0.2) is 39.5 Å². The molecule has 0 amide bonds. The van der Waals surface area contributed by atoms with Crippen molar-refractivity contribution in [1.29, 1.82) is 0 Å². The van der Waals surface area contributed by atoms with Crippen molar-refractivity contribution >= 4 is 11.0 Å². The zero-order chi connectivity index (χ0) is 24.7. The van der Waals surface area contributed by atoms with Crippen LogP contribution in [0.25, 0.3) is 22.3 Å². The minimum Gasteiger partial charge on any atom is -0.508 e. The topological polar surface area (TPSA) is 168 Å². The molecule has 3 aromatic rings. The Kier molecular flexibility index (Phi) is 6.28. The molecule has 1 aromatic heterocycles. The number of aromatic hydroxyl groups is 2. The second kappa shape index (κ2) is 9.03. The second-order valence-corrected chi connectivity index (χ2v) is 7.77. The van der Waals surface area contributed by atoms with E-state index >= 15 is 0 Å². The van der Waals surface area contributed by atoms with Crippen molar-refractivity contribution < 1.29 is 48.9 Å². The van der Waals surface area contributed by atoms with Gasteiger partial charge in [-0.15, -0.1) is 0 Å². The molecule has 5 N–H and O–H groups in total. The quantitative estimate of drug-likeness (QED) is 0.357. The maximum atomic E-state index is 13.5. The molecule has 34 heavy (non-hydrogen) atoms. The van der Waals surface area contributed by atoms with Gasteiger partial charge in [0.1, 0.15) is 35.0 Å². The Labute approximate surface area is 192 Å². The first-order valence-corrected chi connectivity index (χ1v) is 10.3. The van der Waals surface area contributed by atoms with Gasteiger partial charge < -0.3 is 48.9 Å². The molecule has 11 nitrogen and oxygen atoms in total. The van der Waals surface area contributed by atoms with Crippen molar-refractivity contribution in [2.75, 3.05) is 14.2 Å². The van der Waals surface area contributed by atoms with Crippen LogP contribution >= 0.6 is 0 Å². The molecular formula is C23H24O11. The predicted molar refractivity (Wildman–Crippen MR) is 117 cm³/mol. The van der Waals surface area contributed by atoms with Gasteiger partial charge in [0.25, 0.3) is 0 Å². The third kappa shape index (κ3) is 3.88. The van der Waals surface area contributed by atoms with Crippen molar-refractivity contribution in [3.8, 4) is 40.1 Å². The summed E-state index contributed by atoms with van der Waals surface area (Å²) in [6, 6.07) is 7.02. The van der Waals surface area contributed by atoms with E-state index in [-0.39, 0.29) is 34.0 Å². The van der Waals surface area contributed by atoms with Gasteiger partial charge in [-0.3, -0.25) is 4.79 Å². The summed E-state index contributed by atoms with van der Waals surface area (Å²) in [5.74, 6) is -1.13. The highest BCUT2D eigenvalue weighted by molar-refractivity contribution is 5.91. The number of aliphatic hydroxyl groups is 3. The number of ether oxygens (including phenoxy) is 4. The average molecular weight is 476 g/mol. The Balaban J connectivity index is 1.95. The first-order valence-electron chi connectivity index (χ1n) is 10.3. The molecule has 0 bridgehead atoms. The smallest absolute Gasteiger partial charge is 0.239 e. The largest absolute Gasteiger partial charge is 0.508 e. The van der Waals surface area contributed by atoms with Crippen molar-refractivity contribution in [1.82, 2.24) is 0 Å². The van der Waals surface area contributed by atoms with Gasteiger partial charge in [0.05, 0.1) is 20.3 Å². The van der Waals surface area contributed by atoms with Crippen LogP contribution in [0, 0.1) is 0 Å². The number of hydrogen-bond acceptors (Lipinski definition) is 11. The number of rotatable bonds is 5. The lowest BCUT2D eigenvalue weighted by molar-refractivity contribution is -0.268. The second-order valence-electron chi connectivity index (χ2n) is 7.77. The monoisotopic (exact) mass is 476 g/mol. The Hall–Kier alpha value is -3.51. The molecule has 1 aliphatic heterocycles. The summed E-state index contributed by atoms with van der Waals surface area (Å²) in [6.45, 7) is 1.46. The maximum absolute atomic E-state index is 13.5. The van der Waals surface area contributed by atoms with Crippen molar-refractivity contribution in [3.63, 3.8) is 0 Å². The standard InChI is InChI=1S/C23H24O11/c1-9-15(25)18(28)19(29)23(32-9)34-22-17(27)14-12(8-13(30-2)21(31-3)16(14)26)33-20(22)10-4-6-11(24)7-5-10/h4-9,15,18-19,23-26,28-29H,1-3H3. The zero-order valence-electron chi connectivity index (χ0n) is 18.5. The molecule has 5 unspecified atom stereocenters. The van der Waals surface area contributed by atoms with E-state index in [1.165, 1.54) is 51.5 Å². The molecule has 1 fully saturated rings. The normalized spacial score (nSPS) is 24.7. The Bertz CT molecular complexity index is 1250. The number of fused-ring (bicyclic) bond motifs is 1. The summed E-state index contributed by atoms with van der Waals surface area (Å²) in [5.41, 5.74) is -0.559. The van der Waals surface area contributed by atoms with Gasteiger partial charge >= 0.3 is 0 Å². The Morgan fingerprint density at radius 3 is 2.21 bits per heavy atom. The lowest BCUT2D eigenvalue weighted by Gasteiger charge is -2.38. The molecule has 5 atom stereocenters. The number of methoxy groups -OCH3 is 2. The van der Waals surface area contributed by atoms with Gasteiger partial charge in [0, 0.05) is 11.6 Å². The van der Waals surface area contributed by atoms with Crippen LogP contribution in [0.4, 0.5) is 0 Å². The van der Waals surface area contributed by atoms with Crippen LogP contribution in [-0.2, 0) is 4.74 Å². The molecule has 0 spiro atoms. The van der Waals surface area contributed by atoms with Crippen LogP contribution in [0.3, 0.4) is 0 Å². The average Bonchev–Trinajstić information content (AvgIpc) is 2.82. The summed E-state index contributed by atoms with van der Waals surface area (Å²) in [6.07, 6.45) is -7.15. The van der Waals surface area contributed by atoms with E-state index in [1.54, 1.807) is 0 Å². The van der Waals surface area contributed by atoms with E-state index < -0.39 is 47.6 Å². The lowest BCUT2D eigenvalue weighted by Crippen LogP contribution is -2.58. The van der Waals surface area contributed by atoms with Crippen LogP contribution in [0.5, 0.6) is 28.7 Å². The first kappa shape index (κ1) is 23.6. The van der Waals surface area contributed by atoms with Gasteiger partial charge in [-0.1, -0.05) is 0 Å². The SMILES string of the molecule is COc1cc2oc(-c3ccc(O)cc3)c(OC3OC(C)C(O)C(O)C3O)c(=O)c2c(O)c1OC. The molecule has 182 valence electrons. The number of hydrogen-bond donors (Lipinski definition) is 5. The van der Waals surface area contributed by atoms with Crippen LogP contribution in [0.2, 0.25) is 0 Å². The number of phenols is 2. The van der Waals surface area contributed by atoms with Gasteiger partial charge in [-0.2, -0.15) is 0 Å². The van der Waals surface area contributed by atoms with Crippen LogP contribution < -0.4 is 19.6 Å². The summed E-state index contributed by atoms with van der Waals surface area (Å²) in [5, 5.41) is 50.6. The molecule has 0 aliphatic carbocycles. The summed E-state index contributed by atoms with van der Waals surface area (Å²) in [7, 11) is 2.63. The molecule has 2 aromatic carbocycles. The van der Waals surface area contributed by atoms with E-state index in [0.717, 1.165) is 0 Å². The molecule has 0 radical (unpaired) electrons. The van der Waals surface area contributed by atoms with Gasteiger partial charge in [-0.05, 0) is 31.2 Å². The number of aliphatic hydroxyl groups excluding tert-OH is 3. The fourth-order valence-electron chi connectivity index (χ4n) is 3.76. The predicted octanol–water partition coefficient (Wildman–Crippen LogP) is 1.09. The highest BCUT2D eigenvalue weighted by Gasteiger charge is 2.44. The maximum Gasteiger partial charge on any atom is 0.239 e. The van der Waals surface area contributed by atoms with Gasteiger partial charge in [0.2, 0.25) is 23.2 Å². The first-order chi connectivity index (χ1) is 16.2. The fraction of sp³-hybridized carbons (Fsp3) is 0.348. The highest BCUT2D eigenvalue weighted by Crippen LogP contribution is 2.44. The fourth-order valence-corrected chi connectivity index (χ4v) is 3.76. The minimum absolute atomic E-state index is 0.0321. The van der Waals surface area contributed by atoms with Crippen LogP contribution in [-0.4, -0.2) is 70.5 Å². The third-order valence-electron chi connectivity index (χ3n) is 5.63. The third-order valence-corrected chi connectivity index (χ3v) is 5.63. The molecular weight excluding hydrogens is 452 g/mol. The summed E-state index contributed by atoms with van der Waals surface area (Å²) < 4.78 is 27.5. The van der Waals surface area contributed by atoms with Gasteiger partial charge in [0.15, 0.2) is 17.3 Å². The van der Waals surface area contributed by atoms with Crippen LogP contribution in [0.1, 0.15) is 6.92 Å². The zero-order valence-corrected chi connectivity index (χ0v) is 18.5.